The van der Waals surface area contributed by atoms with Crippen LogP contribution in [0, 0.1) is 0 Å². The molecule has 2 heterocycles. The lowest BCUT2D eigenvalue weighted by Gasteiger charge is -2.16. The van der Waals surface area contributed by atoms with E-state index in [1.54, 1.807) is 36.0 Å². The number of benzene rings is 2. The molecule has 2 N–H and O–H groups in total. The summed E-state index contributed by atoms with van der Waals surface area (Å²) in [7, 11) is 0. The van der Waals surface area contributed by atoms with E-state index in [1.807, 2.05) is 30.5 Å². The first-order valence-electron chi connectivity index (χ1n) is 9.52. The molecule has 0 spiro atoms. The molecule has 4 aromatic rings. The van der Waals surface area contributed by atoms with Crippen LogP contribution in [0.15, 0.2) is 63.8 Å². The molecule has 0 saturated carbocycles. The van der Waals surface area contributed by atoms with Crippen molar-refractivity contribution in [2.75, 3.05) is 18.6 Å². The number of carbonyl (C=O) groups is 1. The Kier molecular flexibility index (Phi) is 6.04. The van der Waals surface area contributed by atoms with Crippen molar-refractivity contribution in [3.05, 3.63) is 70.8 Å². The maximum Gasteiger partial charge on any atom is 0.336 e. The number of amides is 1. The minimum Gasteiger partial charge on any atom is -0.484 e. The van der Waals surface area contributed by atoms with E-state index < -0.39 is 5.63 Å². The Labute approximate surface area is 176 Å². The van der Waals surface area contributed by atoms with Gasteiger partial charge in [0, 0.05) is 17.5 Å². The predicted molar refractivity (Wildman–Crippen MR) is 118 cm³/mol. The number of aromatic amines is 1. The molecule has 0 aliphatic rings. The molecule has 0 bridgehead atoms. The zero-order valence-electron chi connectivity index (χ0n) is 16.4. The second-order valence-electron chi connectivity index (χ2n) is 6.78. The molecule has 7 nitrogen and oxygen atoms in total. The topological polar surface area (TPSA) is 97.2 Å². The van der Waals surface area contributed by atoms with Gasteiger partial charge in [0.25, 0.3) is 5.91 Å². The van der Waals surface area contributed by atoms with Gasteiger partial charge in [-0.2, -0.15) is 11.8 Å². The number of hydrogen-bond acceptors (Lipinski definition) is 6. The Balaban J connectivity index is 1.44. The van der Waals surface area contributed by atoms with Crippen molar-refractivity contribution in [3.63, 3.8) is 0 Å². The lowest BCUT2D eigenvalue weighted by molar-refractivity contribution is -0.123. The average molecular weight is 423 g/mol. The number of rotatable bonds is 8. The highest BCUT2D eigenvalue weighted by Crippen LogP contribution is 2.21. The second-order valence-corrected chi connectivity index (χ2v) is 7.77. The molecular formula is C22H21N3O4S. The number of aromatic nitrogens is 2. The van der Waals surface area contributed by atoms with Gasteiger partial charge in [0.05, 0.1) is 17.1 Å². The minimum absolute atomic E-state index is 0.154. The van der Waals surface area contributed by atoms with E-state index in [1.165, 1.54) is 6.07 Å². The summed E-state index contributed by atoms with van der Waals surface area (Å²) in [6.07, 6.45) is 2.77. The monoisotopic (exact) mass is 423 g/mol. The molecule has 2 aromatic heterocycles. The SMILES string of the molecule is CSCCC(NC(=O)COc1ccc2ccc(=O)oc2c1)c1nc2ccccc2[nH]1. The number of ether oxygens (including phenoxy) is 1. The molecule has 30 heavy (non-hydrogen) atoms. The molecule has 1 atom stereocenters. The van der Waals surface area contributed by atoms with E-state index in [4.69, 9.17) is 9.15 Å². The lowest BCUT2D eigenvalue weighted by Crippen LogP contribution is -2.33. The molecular weight excluding hydrogens is 402 g/mol. The van der Waals surface area contributed by atoms with Crippen molar-refractivity contribution >= 4 is 39.7 Å². The summed E-state index contributed by atoms with van der Waals surface area (Å²) in [6, 6.07) is 15.7. The van der Waals surface area contributed by atoms with Crippen molar-refractivity contribution in [1.29, 1.82) is 0 Å². The zero-order chi connectivity index (χ0) is 20.9. The Morgan fingerprint density at radius 1 is 1.23 bits per heavy atom. The first-order chi connectivity index (χ1) is 14.6. The molecule has 0 aliphatic heterocycles. The normalized spacial score (nSPS) is 12.2. The van der Waals surface area contributed by atoms with Gasteiger partial charge in [-0.3, -0.25) is 4.79 Å². The number of nitrogens with one attached hydrogen (secondary N) is 2. The van der Waals surface area contributed by atoms with E-state index in [2.05, 4.69) is 15.3 Å². The number of thioether (sulfide) groups is 1. The van der Waals surface area contributed by atoms with Gasteiger partial charge >= 0.3 is 5.63 Å². The van der Waals surface area contributed by atoms with E-state index in [9.17, 15) is 9.59 Å². The van der Waals surface area contributed by atoms with Gasteiger partial charge in [0.15, 0.2) is 6.61 Å². The second kappa shape index (κ2) is 9.04. The van der Waals surface area contributed by atoms with Crippen LogP contribution in [0.3, 0.4) is 0 Å². The molecule has 1 amide bonds. The van der Waals surface area contributed by atoms with Crippen LogP contribution in [0.2, 0.25) is 0 Å². The molecule has 2 aromatic carbocycles. The number of nitrogens with zero attached hydrogens (tertiary/aromatic N) is 1. The van der Waals surface area contributed by atoms with Gasteiger partial charge in [-0.15, -0.1) is 0 Å². The van der Waals surface area contributed by atoms with Gasteiger partial charge in [-0.05, 0) is 48.8 Å². The van der Waals surface area contributed by atoms with Crippen LogP contribution in [0.25, 0.3) is 22.0 Å². The number of hydrogen-bond donors (Lipinski definition) is 2. The Morgan fingerprint density at radius 2 is 2.07 bits per heavy atom. The quantitative estimate of drug-likeness (QED) is 0.420. The number of H-pyrrole nitrogens is 1. The van der Waals surface area contributed by atoms with E-state index >= 15 is 0 Å². The zero-order valence-corrected chi connectivity index (χ0v) is 17.2. The largest absolute Gasteiger partial charge is 0.484 e. The van der Waals surface area contributed by atoms with Crippen molar-refractivity contribution in [3.8, 4) is 5.75 Å². The van der Waals surface area contributed by atoms with Crippen LogP contribution in [0.1, 0.15) is 18.3 Å². The molecule has 0 aliphatic carbocycles. The van der Waals surface area contributed by atoms with E-state index in [0.29, 0.717) is 11.3 Å². The molecule has 8 heteroatoms. The van der Waals surface area contributed by atoms with Gasteiger partial charge in [-0.25, -0.2) is 9.78 Å². The third-order valence-electron chi connectivity index (χ3n) is 4.65. The third kappa shape index (κ3) is 4.65. The van der Waals surface area contributed by atoms with Crippen molar-refractivity contribution in [2.24, 2.45) is 0 Å². The summed E-state index contributed by atoms with van der Waals surface area (Å²) in [5, 5.41) is 3.79. The summed E-state index contributed by atoms with van der Waals surface area (Å²) < 4.78 is 10.8. The minimum atomic E-state index is -0.431. The fraction of sp³-hybridized carbons (Fsp3) is 0.227. The Hall–Kier alpha value is -3.26. The maximum absolute atomic E-state index is 12.5. The Morgan fingerprint density at radius 3 is 2.90 bits per heavy atom. The summed E-state index contributed by atoms with van der Waals surface area (Å²) in [5.41, 5.74) is 1.79. The van der Waals surface area contributed by atoms with Gasteiger partial charge in [0.2, 0.25) is 0 Å². The molecule has 1 unspecified atom stereocenters. The van der Waals surface area contributed by atoms with Crippen LogP contribution in [0.4, 0.5) is 0 Å². The smallest absolute Gasteiger partial charge is 0.336 e. The fourth-order valence-corrected chi connectivity index (χ4v) is 3.64. The Bertz CT molecular complexity index is 1200. The maximum atomic E-state index is 12.5. The molecule has 4 rings (SSSR count). The highest BCUT2D eigenvalue weighted by Gasteiger charge is 2.18. The van der Waals surface area contributed by atoms with Crippen LogP contribution >= 0.6 is 11.8 Å². The van der Waals surface area contributed by atoms with Crippen LogP contribution < -0.4 is 15.7 Å². The summed E-state index contributed by atoms with van der Waals surface area (Å²) in [4.78, 5) is 31.8. The standard InChI is InChI=1S/C22H21N3O4S/c1-30-11-10-18(22-24-16-4-2-3-5-17(16)25-22)23-20(26)13-28-15-8-6-14-7-9-21(27)29-19(14)12-15/h2-9,12,18H,10-11,13H2,1H3,(H,23,26)(H,24,25). The van der Waals surface area contributed by atoms with Crippen molar-refractivity contribution in [1.82, 2.24) is 15.3 Å². The number of fused-ring (bicyclic) bond motifs is 2. The predicted octanol–water partition coefficient (Wildman–Crippen LogP) is 3.66. The highest BCUT2D eigenvalue weighted by molar-refractivity contribution is 7.98. The van der Waals surface area contributed by atoms with Gasteiger partial charge < -0.3 is 19.5 Å². The number of para-hydroxylation sites is 2. The van der Waals surface area contributed by atoms with Crippen molar-refractivity contribution in [2.45, 2.75) is 12.5 Å². The number of carbonyl (C=O) groups excluding carboxylic acids is 1. The van der Waals surface area contributed by atoms with Gasteiger partial charge in [0.1, 0.15) is 17.2 Å². The first kappa shape index (κ1) is 20.0. The van der Waals surface area contributed by atoms with Crippen LogP contribution in [0.5, 0.6) is 5.75 Å². The third-order valence-corrected chi connectivity index (χ3v) is 5.29. The van der Waals surface area contributed by atoms with Gasteiger partial charge in [-0.1, -0.05) is 12.1 Å². The average Bonchev–Trinajstić information content (AvgIpc) is 3.19. The van der Waals surface area contributed by atoms with Crippen LogP contribution in [-0.2, 0) is 4.79 Å². The molecule has 0 radical (unpaired) electrons. The molecule has 0 saturated heterocycles. The summed E-state index contributed by atoms with van der Waals surface area (Å²) in [5.74, 6) is 1.81. The van der Waals surface area contributed by atoms with Crippen LogP contribution in [-0.4, -0.2) is 34.5 Å². The van der Waals surface area contributed by atoms with Crippen molar-refractivity contribution < 1.29 is 13.9 Å². The summed E-state index contributed by atoms with van der Waals surface area (Å²) in [6.45, 7) is -0.154. The lowest BCUT2D eigenvalue weighted by atomic mass is 10.2. The van der Waals surface area contributed by atoms with E-state index in [-0.39, 0.29) is 18.6 Å². The fourth-order valence-electron chi connectivity index (χ4n) is 3.17. The first-order valence-corrected chi connectivity index (χ1v) is 10.9. The number of imidazole rings is 1. The van der Waals surface area contributed by atoms with E-state index in [0.717, 1.165) is 34.4 Å². The molecule has 154 valence electrons. The summed E-state index contributed by atoms with van der Waals surface area (Å²) >= 11 is 1.71. The highest BCUT2D eigenvalue weighted by atomic mass is 32.2. The molecule has 0 fully saturated rings.